The van der Waals surface area contributed by atoms with Gasteiger partial charge in [0.25, 0.3) is 40.5 Å². The van der Waals surface area contributed by atoms with E-state index < -0.39 is 66.9 Å². The van der Waals surface area contributed by atoms with Crippen LogP contribution >= 0.6 is 0 Å². The lowest BCUT2D eigenvalue weighted by Gasteiger charge is -2.15. The van der Waals surface area contributed by atoms with Gasteiger partial charge in [-0.25, -0.2) is 36.2 Å². The molecule has 4 heterocycles. The molecule has 0 saturated heterocycles. The molecule has 0 aliphatic carbocycles. The molecule has 0 spiro atoms. The SMILES string of the molecule is CC(C)C(OS(=O)(=O)O)n1cc[n+](C)c1.CC(C)c1cc(S(=O)(=O)O)c(-n2cc[n+](C)c2)c(S(=O)(=O)O)c1.CC(C)c1ccc(-n2cc[n+](C)c2)c(S(=O)(=O)O)c1.CC(C)c1ccc(Cn2cc[n+](C)c2)c(S(=O)(=O)O)c1. The van der Waals surface area contributed by atoms with Crippen molar-refractivity contribution in [1.82, 2.24) is 18.3 Å². The molecule has 3 aromatic carbocycles. The summed E-state index contributed by atoms with van der Waals surface area (Å²) in [4.78, 5) is -1.27. The summed E-state index contributed by atoms with van der Waals surface area (Å²) in [6.45, 7) is 15.4. The Balaban J connectivity index is 0.000000224. The highest BCUT2D eigenvalue weighted by molar-refractivity contribution is 7.87. The van der Waals surface area contributed by atoms with Gasteiger partial charge < -0.3 is 0 Å². The Morgan fingerprint density at radius 3 is 1.25 bits per heavy atom. The molecule has 0 bridgehead atoms. The molecule has 0 aliphatic heterocycles. The van der Waals surface area contributed by atoms with Crippen molar-refractivity contribution in [2.24, 2.45) is 34.1 Å². The van der Waals surface area contributed by atoms with Gasteiger partial charge in [0, 0.05) is 11.5 Å². The first-order valence-electron chi connectivity index (χ1n) is 23.4. The van der Waals surface area contributed by atoms with Crippen LogP contribution in [0.25, 0.3) is 11.4 Å². The van der Waals surface area contributed by atoms with E-state index in [0.717, 1.165) is 11.1 Å². The Morgan fingerprint density at radius 2 is 0.870 bits per heavy atom. The van der Waals surface area contributed by atoms with Crippen LogP contribution in [0.3, 0.4) is 0 Å². The fourth-order valence-corrected chi connectivity index (χ4v) is 11.0. The molecule has 29 heteroatoms. The molecule has 4 aromatic heterocycles. The van der Waals surface area contributed by atoms with Crippen molar-refractivity contribution in [3.05, 3.63) is 146 Å². The minimum Gasteiger partial charge on any atom is -0.282 e. The van der Waals surface area contributed by atoms with Crippen LogP contribution in [0.2, 0.25) is 0 Å². The highest BCUT2D eigenvalue weighted by Crippen LogP contribution is 2.32. The third-order valence-corrected chi connectivity index (χ3v) is 15.4. The lowest BCUT2D eigenvalue weighted by Crippen LogP contribution is -2.26. The third kappa shape index (κ3) is 18.3. The van der Waals surface area contributed by atoms with Crippen LogP contribution in [-0.4, -0.2) is 83.1 Å². The van der Waals surface area contributed by atoms with E-state index in [2.05, 4.69) is 4.18 Å². The predicted octanol–water partition coefficient (Wildman–Crippen LogP) is 4.61. The van der Waals surface area contributed by atoms with Crippen molar-refractivity contribution >= 4 is 50.9 Å². The molecular weight excluding hydrogens is 1100 g/mol. The second kappa shape index (κ2) is 25.2. The van der Waals surface area contributed by atoms with Crippen LogP contribution in [0.15, 0.2) is 143 Å². The second-order valence-electron chi connectivity index (χ2n) is 19.2. The Bertz CT molecular complexity index is 3720. The van der Waals surface area contributed by atoms with E-state index >= 15 is 0 Å². The topological polar surface area (TPSA) is 316 Å². The lowest BCUT2D eigenvalue weighted by molar-refractivity contribution is -0.671. The zero-order chi connectivity index (χ0) is 58.3. The van der Waals surface area contributed by atoms with Gasteiger partial charge in [0.05, 0.1) is 28.2 Å². The maximum atomic E-state index is 11.7. The van der Waals surface area contributed by atoms with Crippen LogP contribution < -0.4 is 18.3 Å². The number of imidazole rings is 4. The summed E-state index contributed by atoms with van der Waals surface area (Å²) in [6, 6.07) is 12.7. The van der Waals surface area contributed by atoms with Crippen LogP contribution in [-0.2, 0) is 89.8 Å². The summed E-state index contributed by atoms with van der Waals surface area (Å²) in [5, 5.41) is 0. The average molecular weight is 1170 g/mol. The van der Waals surface area contributed by atoms with E-state index in [-0.39, 0.29) is 39.1 Å². The zero-order valence-corrected chi connectivity index (χ0v) is 48.6. The quantitative estimate of drug-likeness (QED) is 0.0691. The van der Waals surface area contributed by atoms with Crippen molar-refractivity contribution in [2.75, 3.05) is 0 Å². The van der Waals surface area contributed by atoms with Gasteiger partial charge >= 0.3 is 10.4 Å². The molecule has 1 atom stereocenters. The van der Waals surface area contributed by atoms with E-state index in [1.54, 1.807) is 126 Å². The van der Waals surface area contributed by atoms with Gasteiger partial charge in [-0.3, -0.25) is 22.8 Å². The molecule has 7 rings (SSSR count). The fourth-order valence-electron chi connectivity index (χ4n) is 7.41. The van der Waals surface area contributed by atoms with Crippen molar-refractivity contribution in [3.8, 4) is 11.4 Å². The van der Waals surface area contributed by atoms with Gasteiger partial charge in [-0.15, -0.1) is 0 Å². The van der Waals surface area contributed by atoms with Gasteiger partial charge in [-0.2, -0.15) is 46.7 Å². The number of hydrogen-bond donors (Lipinski definition) is 5. The molecule has 0 aliphatic rings. The summed E-state index contributed by atoms with van der Waals surface area (Å²) in [6.07, 6.45) is 19.6. The predicted molar refractivity (Wildman–Crippen MR) is 279 cm³/mol. The van der Waals surface area contributed by atoms with Gasteiger partial charge in [0.2, 0.25) is 31.5 Å². The van der Waals surface area contributed by atoms with Crippen molar-refractivity contribution in [3.63, 3.8) is 0 Å². The molecule has 24 nitrogen and oxygen atoms in total. The Hall–Kier alpha value is -5.99. The average Bonchev–Trinajstić information content (AvgIpc) is 4.13. The lowest BCUT2D eigenvalue weighted by atomic mass is 10.0. The number of hydrogen-bond acceptors (Lipinski definition) is 11. The van der Waals surface area contributed by atoms with Crippen LogP contribution in [0, 0.1) is 5.92 Å². The fraction of sp³-hybridized carbons (Fsp3) is 0.375. The van der Waals surface area contributed by atoms with Gasteiger partial charge in [0.15, 0.2) is 11.4 Å². The van der Waals surface area contributed by atoms with Gasteiger partial charge in [-0.1, -0.05) is 73.6 Å². The minimum absolute atomic E-state index is 0.0138. The Labute approximate surface area is 450 Å². The molecule has 0 amide bonds. The van der Waals surface area contributed by atoms with E-state index in [4.69, 9.17) is 4.55 Å². The number of rotatable bonds is 15. The van der Waals surface area contributed by atoms with Crippen LogP contribution in [0.1, 0.15) is 102 Å². The van der Waals surface area contributed by atoms with E-state index in [0.29, 0.717) is 23.4 Å². The second-order valence-corrected chi connectivity index (χ2v) is 25.8. The molecule has 0 radical (unpaired) electrons. The summed E-state index contributed by atoms with van der Waals surface area (Å²) in [5.41, 5.74) is 2.79. The number of aromatic nitrogens is 8. The molecule has 77 heavy (non-hydrogen) atoms. The van der Waals surface area contributed by atoms with E-state index in [1.807, 2.05) is 81.8 Å². The molecule has 1 unspecified atom stereocenters. The smallest absolute Gasteiger partial charge is 0.282 e. The maximum Gasteiger partial charge on any atom is 0.401 e. The summed E-state index contributed by atoms with van der Waals surface area (Å²) < 4.78 is 179. The van der Waals surface area contributed by atoms with Gasteiger partial charge in [0.1, 0.15) is 75.7 Å². The monoisotopic (exact) mass is 1170 g/mol. The third-order valence-electron chi connectivity index (χ3n) is 11.4. The molecule has 0 saturated carbocycles. The molecule has 7 aromatic rings. The number of benzene rings is 3. The minimum atomic E-state index is -4.72. The first kappa shape index (κ1) is 63.5. The first-order chi connectivity index (χ1) is 35.3. The maximum absolute atomic E-state index is 11.7. The molecule has 422 valence electrons. The van der Waals surface area contributed by atoms with E-state index in [9.17, 15) is 60.3 Å². The van der Waals surface area contributed by atoms with Crippen molar-refractivity contribution in [2.45, 2.75) is 105 Å². The van der Waals surface area contributed by atoms with Crippen molar-refractivity contribution < 1.29 is 87.3 Å². The normalized spacial score (nSPS) is 12.7. The number of aryl methyl sites for hydroxylation is 4. The summed E-state index contributed by atoms with van der Waals surface area (Å²) in [5.74, 6) is 0.0920. The first-order valence-corrected chi connectivity index (χ1v) is 30.5. The zero-order valence-electron chi connectivity index (χ0n) is 44.5. The molecule has 5 N–H and O–H groups in total. The number of nitrogens with zero attached hydrogens (tertiary/aromatic N) is 8. The standard InChI is InChI=1S/C14H18N2O3S.C13H16N2O6S2.C13H16N2O3S.C8H14N2O4S/c1-11(2)12-4-5-13(14(8-12)20(17,18)19)9-16-7-6-15(3)10-16;1-9(2)10-6-11(22(16,17)18)13(12(7-10)23(19,20)21)15-5-4-14(3)8-15;1-10(2)11-4-5-12(13(8-11)19(16,17)18)15-7-6-14(3)9-15;1-7(2)8(14-15(11,12)13)10-5-4-9(3)6-10/h4-8,10-11H,9H2,1-3H3;4-9H,1-3H3,(H-,16,17,18,19,20,21);4-10H,1-3H3;4-8H,1-3H3/p+4. The largest absolute Gasteiger partial charge is 0.401 e. The summed E-state index contributed by atoms with van der Waals surface area (Å²) >= 11 is 0. The highest BCUT2D eigenvalue weighted by Gasteiger charge is 2.32. The molecular formula is C48H68N8O16S5+4. The highest BCUT2D eigenvalue weighted by atomic mass is 32.3. The molecule has 0 fully saturated rings. The van der Waals surface area contributed by atoms with E-state index in [1.165, 1.54) is 35.3 Å². The van der Waals surface area contributed by atoms with Crippen LogP contribution in [0.5, 0.6) is 0 Å². The Morgan fingerprint density at radius 1 is 0.468 bits per heavy atom. The Kier molecular flexibility index (Phi) is 20.8. The summed E-state index contributed by atoms with van der Waals surface area (Å²) in [7, 11) is -15.2. The van der Waals surface area contributed by atoms with Crippen LogP contribution in [0.4, 0.5) is 0 Å². The van der Waals surface area contributed by atoms with Crippen molar-refractivity contribution in [1.29, 1.82) is 0 Å². The van der Waals surface area contributed by atoms with Gasteiger partial charge in [-0.05, 0) is 64.8 Å².